The highest BCUT2D eigenvalue weighted by molar-refractivity contribution is 7.99. The zero-order valence-corrected chi connectivity index (χ0v) is 13.0. The summed E-state index contributed by atoms with van der Waals surface area (Å²) in [6, 6.07) is 2.60. The lowest BCUT2D eigenvalue weighted by atomic mass is 10.2. The number of anilines is 1. The molecule has 1 N–H and O–H groups in total. The third-order valence-corrected chi connectivity index (χ3v) is 4.64. The first kappa shape index (κ1) is 15.7. The molecule has 2 heterocycles. The van der Waals surface area contributed by atoms with E-state index >= 15 is 0 Å². The number of thioether (sulfide) groups is 1. The van der Waals surface area contributed by atoms with E-state index in [9.17, 15) is 18.4 Å². The Morgan fingerprint density at radius 1 is 1.48 bits per heavy atom. The zero-order chi connectivity index (χ0) is 16.6. The van der Waals surface area contributed by atoms with Crippen molar-refractivity contribution in [1.29, 1.82) is 0 Å². The van der Waals surface area contributed by atoms with Crippen molar-refractivity contribution < 1.29 is 13.6 Å². The van der Waals surface area contributed by atoms with E-state index in [1.165, 1.54) is 22.5 Å². The van der Waals surface area contributed by atoms with E-state index in [0.29, 0.717) is 22.5 Å². The molecule has 0 radical (unpaired) electrons. The van der Waals surface area contributed by atoms with Crippen LogP contribution in [0.1, 0.15) is 18.0 Å². The van der Waals surface area contributed by atoms with Crippen molar-refractivity contribution in [3.05, 3.63) is 51.9 Å². The van der Waals surface area contributed by atoms with E-state index in [1.807, 2.05) is 0 Å². The molecule has 1 aliphatic heterocycles. The molecule has 1 unspecified atom stereocenters. The van der Waals surface area contributed by atoms with Crippen LogP contribution >= 0.6 is 11.8 Å². The molecular formula is C15H13F2N3O2S. The van der Waals surface area contributed by atoms with Crippen LogP contribution in [-0.2, 0) is 4.79 Å². The van der Waals surface area contributed by atoms with Gasteiger partial charge in [0.1, 0.15) is 11.6 Å². The van der Waals surface area contributed by atoms with E-state index < -0.39 is 17.5 Å². The Hall–Kier alpha value is -2.22. The molecule has 8 heteroatoms. The van der Waals surface area contributed by atoms with Crippen molar-refractivity contribution in [3.63, 3.8) is 0 Å². The van der Waals surface area contributed by atoms with Gasteiger partial charge >= 0.3 is 0 Å². The zero-order valence-electron chi connectivity index (χ0n) is 12.2. The summed E-state index contributed by atoms with van der Waals surface area (Å²) in [6.45, 7) is 1.66. The van der Waals surface area contributed by atoms with Crippen LogP contribution in [0.5, 0.6) is 0 Å². The summed E-state index contributed by atoms with van der Waals surface area (Å²) in [6.07, 6.45) is 1.53. The van der Waals surface area contributed by atoms with Gasteiger partial charge in [-0.3, -0.25) is 14.2 Å². The van der Waals surface area contributed by atoms with Crippen LogP contribution in [0.2, 0.25) is 0 Å². The first-order chi connectivity index (χ1) is 11.0. The lowest BCUT2D eigenvalue weighted by Gasteiger charge is -2.14. The summed E-state index contributed by atoms with van der Waals surface area (Å²) >= 11 is 1.40. The molecule has 0 saturated carbocycles. The SMILES string of the molecule is Cc1cnc2n(c1=O)C(CC(=O)Nc1ccc(F)cc1F)CS2. The highest BCUT2D eigenvalue weighted by Gasteiger charge is 2.27. The molecule has 2 aromatic rings. The molecule has 0 bridgehead atoms. The van der Waals surface area contributed by atoms with Crippen molar-refractivity contribution in [2.75, 3.05) is 11.1 Å². The number of amides is 1. The Morgan fingerprint density at radius 2 is 2.26 bits per heavy atom. The molecule has 1 aromatic carbocycles. The van der Waals surface area contributed by atoms with Crippen molar-refractivity contribution in [2.24, 2.45) is 0 Å². The minimum atomic E-state index is -0.839. The number of rotatable bonds is 3. The van der Waals surface area contributed by atoms with Gasteiger partial charge in [0, 0.05) is 30.0 Å². The van der Waals surface area contributed by atoms with Crippen molar-refractivity contribution in [1.82, 2.24) is 9.55 Å². The van der Waals surface area contributed by atoms with Crippen molar-refractivity contribution >= 4 is 23.4 Å². The maximum atomic E-state index is 13.6. The van der Waals surface area contributed by atoms with Crippen LogP contribution in [0.25, 0.3) is 0 Å². The summed E-state index contributed by atoms with van der Waals surface area (Å²) in [7, 11) is 0. The van der Waals surface area contributed by atoms with Crippen LogP contribution in [0.15, 0.2) is 34.3 Å². The Morgan fingerprint density at radius 3 is 3.00 bits per heavy atom. The topological polar surface area (TPSA) is 64.0 Å². The lowest BCUT2D eigenvalue weighted by molar-refractivity contribution is -0.116. The number of halogens is 2. The Kier molecular flexibility index (Phi) is 4.16. The highest BCUT2D eigenvalue weighted by atomic mass is 32.2. The molecular weight excluding hydrogens is 324 g/mol. The fraction of sp³-hybridized carbons (Fsp3) is 0.267. The van der Waals surface area contributed by atoms with Gasteiger partial charge in [-0.05, 0) is 19.1 Å². The number of hydrogen-bond donors (Lipinski definition) is 1. The summed E-state index contributed by atoms with van der Waals surface area (Å²) in [4.78, 5) is 28.5. The number of hydrogen-bond acceptors (Lipinski definition) is 4. The third-order valence-electron chi connectivity index (χ3n) is 3.53. The van der Waals surface area contributed by atoms with E-state index in [-0.39, 0.29) is 23.7 Å². The van der Waals surface area contributed by atoms with Gasteiger partial charge in [-0.2, -0.15) is 0 Å². The smallest absolute Gasteiger partial charge is 0.257 e. The molecule has 0 saturated heterocycles. The second-order valence-electron chi connectivity index (χ2n) is 5.24. The predicted molar refractivity (Wildman–Crippen MR) is 82.6 cm³/mol. The molecule has 1 amide bonds. The molecule has 3 rings (SSSR count). The predicted octanol–water partition coefficient (Wildman–Crippen LogP) is 2.51. The molecule has 0 fully saturated rings. The second-order valence-corrected chi connectivity index (χ2v) is 6.23. The number of aromatic nitrogens is 2. The first-order valence-electron chi connectivity index (χ1n) is 6.91. The molecule has 0 spiro atoms. The minimum absolute atomic E-state index is 0.0157. The number of fused-ring (bicyclic) bond motifs is 1. The molecule has 5 nitrogen and oxygen atoms in total. The lowest BCUT2D eigenvalue weighted by Crippen LogP contribution is -2.28. The van der Waals surface area contributed by atoms with E-state index in [4.69, 9.17) is 0 Å². The van der Waals surface area contributed by atoms with Crippen LogP contribution in [0.3, 0.4) is 0 Å². The van der Waals surface area contributed by atoms with Crippen molar-refractivity contribution in [3.8, 4) is 0 Å². The Labute approximate surface area is 134 Å². The molecule has 1 atom stereocenters. The van der Waals surface area contributed by atoms with Gasteiger partial charge in [-0.15, -0.1) is 0 Å². The maximum Gasteiger partial charge on any atom is 0.257 e. The van der Waals surface area contributed by atoms with Gasteiger partial charge in [0.25, 0.3) is 5.56 Å². The molecule has 1 aliphatic rings. The normalized spacial score (nSPS) is 16.2. The Bertz CT molecular complexity index is 838. The van der Waals surface area contributed by atoms with Crippen LogP contribution < -0.4 is 10.9 Å². The van der Waals surface area contributed by atoms with Gasteiger partial charge < -0.3 is 5.32 Å². The summed E-state index contributed by atoms with van der Waals surface area (Å²) < 4.78 is 27.9. The van der Waals surface area contributed by atoms with Gasteiger partial charge in [-0.25, -0.2) is 13.8 Å². The van der Waals surface area contributed by atoms with E-state index in [1.54, 1.807) is 6.92 Å². The fourth-order valence-electron chi connectivity index (χ4n) is 2.38. The average Bonchev–Trinajstić information content (AvgIpc) is 2.89. The molecule has 120 valence electrons. The molecule has 1 aromatic heterocycles. The monoisotopic (exact) mass is 337 g/mol. The van der Waals surface area contributed by atoms with Crippen LogP contribution in [0, 0.1) is 18.6 Å². The summed E-state index contributed by atoms with van der Waals surface area (Å²) in [5, 5.41) is 2.98. The van der Waals surface area contributed by atoms with Crippen LogP contribution in [0.4, 0.5) is 14.5 Å². The summed E-state index contributed by atoms with van der Waals surface area (Å²) in [5.74, 6) is -1.45. The average molecular weight is 337 g/mol. The largest absolute Gasteiger partial charge is 0.324 e. The van der Waals surface area contributed by atoms with Crippen molar-refractivity contribution in [2.45, 2.75) is 24.5 Å². The Balaban J connectivity index is 1.76. The molecule has 23 heavy (non-hydrogen) atoms. The van der Waals surface area contributed by atoms with Gasteiger partial charge in [0.2, 0.25) is 5.91 Å². The van der Waals surface area contributed by atoms with Gasteiger partial charge in [-0.1, -0.05) is 11.8 Å². The van der Waals surface area contributed by atoms with Gasteiger partial charge in [0.05, 0.1) is 11.7 Å². The number of carbonyl (C=O) groups excluding carboxylic acids is 1. The number of benzene rings is 1. The third kappa shape index (κ3) is 3.12. The van der Waals surface area contributed by atoms with Gasteiger partial charge in [0.15, 0.2) is 5.16 Å². The molecule has 0 aliphatic carbocycles. The quantitative estimate of drug-likeness (QED) is 0.874. The minimum Gasteiger partial charge on any atom is -0.324 e. The van der Waals surface area contributed by atoms with Crippen LogP contribution in [-0.4, -0.2) is 21.2 Å². The number of carbonyl (C=O) groups is 1. The fourth-order valence-corrected chi connectivity index (χ4v) is 3.48. The maximum absolute atomic E-state index is 13.6. The van der Waals surface area contributed by atoms with E-state index in [2.05, 4.69) is 10.3 Å². The highest BCUT2D eigenvalue weighted by Crippen LogP contribution is 2.32. The standard InChI is InChI=1S/C15H13F2N3O2S/c1-8-6-18-15-20(14(8)22)10(7-23-15)5-13(21)19-12-3-2-9(16)4-11(12)17/h2-4,6,10H,5,7H2,1H3,(H,19,21). The first-order valence-corrected chi connectivity index (χ1v) is 7.90. The summed E-state index contributed by atoms with van der Waals surface area (Å²) in [5.41, 5.74) is 0.244. The number of aryl methyl sites for hydroxylation is 1. The van der Waals surface area contributed by atoms with E-state index in [0.717, 1.165) is 12.1 Å². The second kappa shape index (κ2) is 6.11. The number of nitrogens with zero attached hydrogens (tertiary/aromatic N) is 2. The number of nitrogens with one attached hydrogen (secondary N) is 1.